The summed E-state index contributed by atoms with van der Waals surface area (Å²) in [7, 11) is 0. The molecule has 0 spiro atoms. The van der Waals surface area contributed by atoms with Crippen LogP contribution in [0.5, 0.6) is 0 Å². The molecule has 0 aliphatic carbocycles. The molecule has 0 unspecified atom stereocenters. The van der Waals surface area contributed by atoms with Crippen molar-refractivity contribution in [3.8, 4) is 0 Å². The summed E-state index contributed by atoms with van der Waals surface area (Å²) in [6, 6.07) is 6.90. The number of aromatic nitrogens is 3. The quantitative estimate of drug-likeness (QED) is 0.412. The first-order chi connectivity index (χ1) is 10.5. The predicted molar refractivity (Wildman–Crippen MR) is 83.4 cm³/mol. The molecule has 0 bridgehead atoms. The Labute approximate surface area is 133 Å². The van der Waals surface area contributed by atoms with Crippen LogP contribution in [0.4, 0.5) is 0 Å². The lowest BCUT2D eigenvalue weighted by molar-refractivity contribution is -0.118. The minimum Gasteiger partial charge on any atom is -0.272 e. The molecule has 0 aliphatic rings. The van der Waals surface area contributed by atoms with Gasteiger partial charge in [-0.25, -0.2) is 15.3 Å². The number of rotatable bonds is 5. The van der Waals surface area contributed by atoms with Crippen LogP contribution in [0.25, 0.3) is 0 Å². The van der Waals surface area contributed by atoms with Crippen molar-refractivity contribution in [3.63, 3.8) is 0 Å². The number of nitrogens with zero attached hydrogens (tertiary/aromatic N) is 2. The van der Waals surface area contributed by atoms with Crippen LogP contribution in [0.3, 0.4) is 0 Å². The van der Waals surface area contributed by atoms with Gasteiger partial charge in [-0.05, 0) is 17.7 Å². The van der Waals surface area contributed by atoms with E-state index >= 15 is 0 Å². The van der Waals surface area contributed by atoms with E-state index in [-0.39, 0.29) is 10.8 Å². The van der Waals surface area contributed by atoms with Crippen LogP contribution < -0.4 is 16.7 Å². The van der Waals surface area contributed by atoms with Gasteiger partial charge in [0.1, 0.15) is 0 Å². The summed E-state index contributed by atoms with van der Waals surface area (Å²) in [5.41, 5.74) is 1.74. The Morgan fingerprint density at radius 2 is 2.09 bits per heavy atom. The zero-order valence-electron chi connectivity index (χ0n) is 11.0. The first-order valence-electron chi connectivity index (χ1n) is 5.94. The van der Waals surface area contributed by atoms with E-state index in [4.69, 9.17) is 11.6 Å². The monoisotopic (exact) mass is 339 g/mol. The zero-order chi connectivity index (χ0) is 15.9. The highest BCUT2D eigenvalue weighted by atomic mass is 35.5. The number of thioether (sulfide) groups is 1. The summed E-state index contributed by atoms with van der Waals surface area (Å²) in [5, 5.41) is 10.00. The van der Waals surface area contributed by atoms with Crippen LogP contribution in [-0.4, -0.2) is 33.1 Å². The summed E-state index contributed by atoms with van der Waals surface area (Å²) in [6.45, 7) is 0. The highest BCUT2D eigenvalue weighted by Gasteiger charge is 2.06. The molecule has 0 radical (unpaired) electrons. The van der Waals surface area contributed by atoms with E-state index in [2.05, 4.69) is 20.7 Å². The second-order valence-corrected chi connectivity index (χ2v) is 5.35. The lowest BCUT2D eigenvalue weighted by Crippen LogP contribution is -2.26. The number of carbonyl (C=O) groups is 1. The maximum absolute atomic E-state index is 11.6. The molecule has 8 nitrogen and oxygen atoms in total. The summed E-state index contributed by atoms with van der Waals surface area (Å²) in [6.07, 6.45) is 1.46. The fourth-order valence-corrected chi connectivity index (χ4v) is 2.08. The number of hydrogen-bond acceptors (Lipinski definition) is 6. The molecular formula is C12H10ClN5O3S. The van der Waals surface area contributed by atoms with Gasteiger partial charge < -0.3 is 0 Å². The molecule has 1 aromatic carbocycles. The smallest absolute Gasteiger partial charge is 0.272 e. The number of amides is 1. The molecule has 114 valence electrons. The van der Waals surface area contributed by atoms with E-state index in [0.29, 0.717) is 5.02 Å². The van der Waals surface area contributed by atoms with Crippen molar-refractivity contribution in [3.05, 3.63) is 55.7 Å². The Morgan fingerprint density at radius 1 is 1.36 bits per heavy atom. The molecule has 0 aliphatic heterocycles. The van der Waals surface area contributed by atoms with E-state index in [0.717, 1.165) is 17.3 Å². The largest absolute Gasteiger partial charge is 0.342 e. The molecule has 2 aromatic rings. The first-order valence-corrected chi connectivity index (χ1v) is 7.30. The minimum atomic E-state index is -0.702. The van der Waals surface area contributed by atoms with Gasteiger partial charge in [0, 0.05) is 5.02 Å². The molecule has 0 saturated heterocycles. The zero-order valence-corrected chi connectivity index (χ0v) is 12.6. The van der Waals surface area contributed by atoms with Crippen molar-refractivity contribution < 1.29 is 4.79 Å². The number of nitrogens with one attached hydrogen (secondary N) is 3. The van der Waals surface area contributed by atoms with Gasteiger partial charge in [-0.3, -0.25) is 14.6 Å². The topological polar surface area (TPSA) is 120 Å². The molecule has 0 saturated carbocycles. The average Bonchev–Trinajstić information content (AvgIpc) is 2.48. The molecule has 10 heteroatoms. The van der Waals surface area contributed by atoms with Crippen LogP contribution in [0, 0.1) is 0 Å². The number of aromatic amines is 2. The predicted octanol–water partition coefficient (Wildman–Crippen LogP) is 0.354. The number of hydrazone groups is 1. The van der Waals surface area contributed by atoms with E-state index in [1.165, 1.54) is 6.21 Å². The van der Waals surface area contributed by atoms with Crippen molar-refractivity contribution in [2.45, 2.75) is 5.03 Å². The van der Waals surface area contributed by atoms with Crippen LogP contribution in [0.1, 0.15) is 5.56 Å². The Kier molecular flexibility index (Phi) is 5.50. The standard InChI is InChI=1S/C12H10ClN5O3S/c13-8-3-1-7(2-4-8)5-14-16-9(19)6-22-11-10(20)15-12(21)18-17-11/h1-5H,6H2,(H,16,19)(H2,15,18,20,21)/b14-5+. The summed E-state index contributed by atoms with van der Waals surface area (Å²) < 4.78 is 0. The van der Waals surface area contributed by atoms with E-state index in [9.17, 15) is 14.4 Å². The van der Waals surface area contributed by atoms with Crippen molar-refractivity contribution in [1.82, 2.24) is 20.6 Å². The minimum absolute atomic E-state index is 0.00330. The molecule has 22 heavy (non-hydrogen) atoms. The number of halogens is 1. The van der Waals surface area contributed by atoms with Crippen LogP contribution in [-0.2, 0) is 4.79 Å². The maximum Gasteiger partial charge on any atom is 0.342 e. The Bertz CT molecular complexity index is 799. The van der Waals surface area contributed by atoms with Crippen LogP contribution in [0.15, 0.2) is 44.0 Å². The van der Waals surface area contributed by atoms with E-state index < -0.39 is 17.2 Å². The van der Waals surface area contributed by atoms with Crippen LogP contribution >= 0.6 is 23.4 Å². The number of H-pyrrole nitrogens is 2. The van der Waals surface area contributed by atoms with Gasteiger partial charge >= 0.3 is 5.69 Å². The van der Waals surface area contributed by atoms with Gasteiger partial charge in [0.25, 0.3) is 5.56 Å². The number of hydrogen-bond donors (Lipinski definition) is 3. The molecular weight excluding hydrogens is 330 g/mol. The van der Waals surface area contributed by atoms with Crippen LogP contribution in [0.2, 0.25) is 5.02 Å². The highest BCUT2D eigenvalue weighted by Crippen LogP contribution is 2.08. The van der Waals surface area contributed by atoms with E-state index in [1.807, 2.05) is 4.98 Å². The SMILES string of the molecule is O=C(CSc1n[nH]c(=O)[nH]c1=O)N/N=C/c1ccc(Cl)cc1. The van der Waals surface area contributed by atoms with Crippen molar-refractivity contribution in [2.75, 3.05) is 5.75 Å². The molecule has 1 heterocycles. The Morgan fingerprint density at radius 3 is 2.77 bits per heavy atom. The summed E-state index contributed by atoms with van der Waals surface area (Å²) >= 11 is 6.63. The molecule has 2 rings (SSSR count). The van der Waals surface area contributed by atoms with Crippen molar-refractivity contribution >= 4 is 35.5 Å². The fraction of sp³-hybridized carbons (Fsp3) is 0.0833. The second-order valence-electron chi connectivity index (χ2n) is 3.95. The lowest BCUT2D eigenvalue weighted by Gasteiger charge is -1.99. The normalized spacial score (nSPS) is 10.8. The molecule has 3 N–H and O–H groups in total. The highest BCUT2D eigenvalue weighted by molar-refractivity contribution is 7.99. The van der Waals surface area contributed by atoms with Crippen molar-refractivity contribution in [1.29, 1.82) is 0 Å². The fourth-order valence-electron chi connectivity index (χ4n) is 1.33. The summed E-state index contributed by atoms with van der Waals surface area (Å²) in [4.78, 5) is 35.7. The lowest BCUT2D eigenvalue weighted by atomic mass is 10.2. The molecule has 1 aromatic heterocycles. The molecule has 1 amide bonds. The molecule has 0 fully saturated rings. The van der Waals surface area contributed by atoms with Gasteiger partial charge in [-0.15, -0.1) is 0 Å². The van der Waals surface area contributed by atoms with E-state index in [1.54, 1.807) is 24.3 Å². The number of carbonyl (C=O) groups excluding carboxylic acids is 1. The molecule has 0 atom stereocenters. The Hall–Kier alpha value is -2.39. The van der Waals surface area contributed by atoms with Gasteiger partial charge in [-0.1, -0.05) is 35.5 Å². The average molecular weight is 340 g/mol. The third-order valence-corrected chi connectivity index (χ3v) is 3.50. The van der Waals surface area contributed by atoms with Crippen molar-refractivity contribution in [2.24, 2.45) is 5.10 Å². The third kappa shape index (κ3) is 4.86. The first kappa shape index (κ1) is 16.0. The number of benzene rings is 1. The Balaban J connectivity index is 1.84. The van der Waals surface area contributed by atoms with Gasteiger partial charge in [0.05, 0.1) is 12.0 Å². The maximum atomic E-state index is 11.6. The third-order valence-electron chi connectivity index (χ3n) is 2.29. The summed E-state index contributed by atoms with van der Waals surface area (Å²) in [5.74, 6) is -0.484. The second kappa shape index (κ2) is 7.57. The van der Waals surface area contributed by atoms with Gasteiger partial charge in [0.15, 0.2) is 5.03 Å². The van der Waals surface area contributed by atoms with Gasteiger partial charge in [0.2, 0.25) is 5.91 Å². The van der Waals surface area contributed by atoms with Gasteiger partial charge in [-0.2, -0.15) is 10.2 Å².